The zero-order valence-electron chi connectivity index (χ0n) is 7.02. The summed E-state index contributed by atoms with van der Waals surface area (Å²) in [7, 11) is 0. The predicted molar refractivity (Wildman–Crippen MR) is 41.8 cm³/mol. The summed E-state index contributed by atoms with van der Waals surface area (Å²) < 4.78 is 0. The van der Waals surface area contributed by atoms with Gasteiger partial charge in [-0.3, -0.25) is 0 Å². The average Bonchev–Trinajstić information content (AvgIpc) is 1.59. The summed E-state index contributed by atoms with van der Waals surface area (Å²) in [6, 6.07) is 3.01. The molecule has 0 aromatic rings. The first-order chi connectivity index (χ1) is 3.92. The van der Waals surface area contributed by atoms with Crippen molar-refractivity contribution in [3.8, 4) is 6.07 Å². The molecule has 0 atom stereocenters. The van der Waals surface area contributed by atoms with Crippen LogP contribution in [0.1, 0.15) is 34.6 Å². The minimum absolute atomic E-state index is 0.0459. The lowest BCUT2D eigenvalue weighted by molar-refractivity contribution is 0.682. The summed E-state index contributed by atoms with van der Waals surface area (Å²) in [5.74, 6) is 0.448. The molecule has 9 heavy (non-hydrogen) atoms. The number of hydrogen-bond acceptors (Lipinski definition) is 0. The van der Waals surface area contributed by atoms with E-state index >= 15 is 0 Å². The van der Waals surface area contributed by atoms with Crippen LogP contribution in [0.2, 0.25) is 0 Å². The van der Waals surface area contributed by atoms with Crippen molar-refractivity contribution >= 4 is 0 Å². The van der Waals surface area contributed by atoms with Gasteiger partial charge in [-0.25, -0.2) is 0 Å². The Morgan fingerprint density at radius 1 is 1.22 bits per heavy atom. The molecule has 0 aromatic carbocycles. The minimum Gasteiger partial charge on any atom is -0.0778 e. The van der Waals surface area contributed by atoms with Crippen molar-refractivity contribution in [1.29, 1.82) is 0 Å². The van der Waals surface area contributed by atoms with Crippen molar-refractivity contribution in [3.05, 3.63) is 4.85 Å². The molecule has 0 aliphatic rings. The lowest BCUT2D eigenvalue weighted by Crippen LogP contribution is -2.05. The molecule has 0 N–H and O–H groups in total. The summed E-state index contributed by atoms with van der Waals surface area (Å²) in [6.45, 7) is 10.4. The highest BCUT2D eigenvalue weighted by molar-refractivity contribution is 4.98. The third kappa shape index (κ3) is 7.49. The van der Waals surface area contributed by atoms with Gasteiger partial charge in [-0.1, -0.05) is 4.85 Å². The summed E-state index contributed by atoms with van der Waals surface area (Å²) >= 11 is 0. The predicted octanol–water partition coefficient (Wildman–Crippen LogP) is 2.77. The smallest absolute Gasteiger partial charge is 0.0778 e. The van der Waals surface area contributed by atoms with Crippen LogP contribution < -0.4 is 0 Å². The summed E-state index contributed by atoms with van der Waals surface area (Å²) in [6.07, 6.45) is 0. The third-order valence-corrected chi connectivity index (χ3v) is 0.658. The Kier molecular flexibility index (Phi) is 2.70. The first-order valence-electron chi connectivity index (χ1n) is 3.39. The van der Waals surface area contributed by atoms with E-state index in [1.54, 1.807) is 0 Å². The molecular weight excluding hydrogens is 110 g/mol. The van der Waals surface area contributed by atoms with Crippen molar-refractivity contribution in [3.63, 3.8) is 0 Å². The molecule has 0 rings (SSSR count). The van der Waals surface area contributed by atoms with Crippen molar-refractivity contribution < 1.29 is 0 Å². The molecule has 0 aliphatic heterocycles. The SMILES string of the molecule is CC(C)C#[N+]C(C)(C)C. The minimum atomic E-state index is 0.0459. The fraction of sp³-hybridized carbons (Fsp3) is 0.875. The van der Waals surface area contributed by atoms with Crippen LogP contribution in [0.3, 0.4) is 0 Å². The summed E-state index contributed by atoms with van der Waals surface area (Å²) in [5.41, 5.74) is 0.0459. The molecule has 0 heterocycles. The van der Waals surface area contributed by atoms with E-state index < -0.39 is 0 Å². The molecule has 0 aromatic heterocycles. The lowest BCUT2D eigenvalue weighted by atomic mass is 10.1. The maximum absolute atomic E-state index is 4.21. The van der Waals surface area contributed by atoms with Gasteiger partial charge in [-0.2, -0.15) is 0 Å². The molecule has 1 nitrogen and oxygen atoms in total. The standard InChI is InChI=1S/C8H16N/c1-7(2)6-9-8(3,4)5/h7H,1-5H3/q+1. The van der Waals surface area contributed by atoms with Crippen LogP contribution in [-0.4, -0.2) is 5.54 Å². The number of rotatable bonds is 0. The van der Waals surface area contributed by atoms with Gasteiger partial charge in [0, 0.05) is 20.8 Å². The first-order valence-corrected chi connectivity index (χ1v) is 3.39. The molecule has 0 radical (unpaired) electrons. The Bertz CT molecular complexity index is 129. The van der Waals surface area contributed by atoms with Crippen molar-refractivity contribution in [2.24, 2.45) is 5.92 Å². The van der Waals surface area contributed by atoms with E-state index in [0.717, 1.165) is 0 Å². The topological polar surface area (TPSA) is 4.36 Å². The van der Waals surface area contributed by atoms with Crippen LogP contribution in [0, 0.1) is 12.0 Å². The van der Waals surface area contributed by atoms with E-state index in [1.165, 1.54) is 0 Å². The van der Waals surface area contributed by atoms with Crippen LogP contribution in [0.25, 0.3) is 4.85 Å². The lowest BCUT2D eigenvalue weighted by Gasteiger charge is -1.92. The van der Waals surface area contributed by atoms with Crippen molar-refractivity contribution in [2.45, 2.75) is 40.2 Å². The zero-order chi connectivity index (χ0) is 7.49. The summed E-state index contributed by atoms with van der Waals surface area (Å²) in [4.78, 5) is 4.21. The average molecular weight is 126 g/mol. The molecule has 0 amide bonds. The van der Waals surface area contributed by atoms with Crippen molar-refractivity contribution in [2.75, 3.05) is 0 Å². The molecule has 0 unspecified atom stereocenters. The highest BCUT2D eigenvalue weighted by Crippen LogP contribution is 2.06. The van der Waals surface area contributed by atoms with Crippen LogP contribution in [-0.2, 0) is 0 Å². The maximum atomic E-state index is 4.21. The second kappa shape index (κ2) is 2.87. The first kappa shape index (κ1) is 8.49. The number of nitrogens with zero attached hydrogens (tertiary/aromatic N) is 1. The Morgan fingerprint density at radius 2 is 1.67 bits per heavy atom. The van der Waals surface area contributed by atoms with Gasteiger partial charge >= 0.3 is 0 Å². The van der Waals surface area contributed by atoms with E-state index in [-0.39, 0.29) is 5.54 Å². The Morgan fingerprint density at radius 3 is 1.78 bits per heavy atom. The van der Waals surface area contributed by atoms with E-state index in [1.807, 2.05) is 0 Å². The monoisotopic (exact) mass is 126 g/mol. The van der Waals surface area contributed by atoms with Crippen molar-refractivity contribution in [1.82, 2.24) is 0 Å². The molecule has 0 spiro atoms. The fourth-order valence-electron chi connectivity index (χ4n) is 0.323. The Hall–Kier alpha value is -0.510. The maximum Gasteiger partial charge on any atom is 0.276 e. The molecule has 0 fully saturated rings. The zero-order valence-corrected chi connectivity index (χ0v) is 7.02. The second-order valence-electron chi connectivity index (χ2n) is 3.57. The Labute approximate surface area is 57.9 Å². The van der Waals surface area contributed by atoms with Crippen LogP contribution in [0.5, 0.6) is 0 Å². The van der Waals surface area contributed by atoms with Gasteiger partial charge in [0.2, 0.25) is 0 Å². The summed E-state index contributed by atoms with van der Waals surface area (Å²) in [5, 5.41) is 0. The molecule has 0 saturated heterocycles. The quantitative estimate of drug-likeness (QED) is 0.470. The third-order valence-electron chi connectivity index (χ3n) is 0.658. The number of hydrogen-bond donors (Lipinski definition) is 0. The molecular formula is C8H16N+. The molecule has 0 saturated carbocycles. The largest absolute Gasteiger partial charge is 0.276 e. The molecule has 1 heteroatoms. The molecule has 0 bridgehead atoms. The van der Waals surface area contributed by atoms with E-state index in [9.17, 15) is 0 Å². The van der Waals surface area contributed by atoms with Gasteiger partial charge in [0.25, 0.3) is 11.6 Å². The van der Waals surface area contributed by atoms with E-state index in [0.29, 0.717) is 5.92 Å². The van der Waals surface area contributed by atoms with Crippen LogP contribution in [0.4, 0.5) is 0 Å². The molecule has 0 aliphatic carbocycles. The van der Waals surface area contributed by atoms with Gasteiger partial charge in [0.05, 0.1) is 5.92 Å². The van der Waals surface area contributed by atoms with Gasteiger partial charge in [0.15, 0.2) is 0 Å². The highest BCUT2D eigenvalue weighted by atomic mass is 14.8. The van der Waals surface area contributed by atoms with Gasteiger partial charge in [-0.05, 0) is 13.8 Å². The van der Waals surface area contributed by atoms with E-state index in [4.69, 9.17) is 0 Å². The van der Waals surface area contributed by atoms with Gasteiger partial charge < -0.3 is 0 Å². The van der Waals surface area contributed by atoms with Gasteiger partial charge in [-0.15, -0.1) is 0 Å². The Balaban J connectivity index is 3.88. The normalized spacial score (nSPS) is 10.9. The van der Waals surface area contributed by atoms with E-state index in [2.05, 4.69) is 45.5 Å². The fourth-order valence-corrected chi connectivity index (χ4v) is 0.323. The molecule has 52 valence electrons. The highest BCUT2D eigenvalue weighted by Gasteiger charge is 2.18. The second-order valence-corrected chi connectivity index (χ2v) is 3.57. The van der Waals surface area contributed by atoms with Crippen LogP contribution >= 0.6 is 0 Å². The van der Waals surface area contributed by atoms with Gasteiger partial charge in [0.1, 0.15) is 0 Å². The van der Waals surface area contributed by atoms with Crippen LogP contribution in [0.15, 0.2) is 0 Å².